The van der Waals surface area contributed by atoms with Gasteiger partial charge in [-0.1, -0.05) is 13.3 Å². The fourth-order valence-corrected chi connectivity index (χ4v) is 3.60. The molecule has 124 valence electrons. The van der Waals surface area contributed by atoms with E-state index in [9.17, 15) is 0 Å². The zero-order valence-corrected chi connectivity index (χ0v) is 14.2. The van der Waals surface area contributed by atoms with E-state index in [-0.39, 0.29) is 0 Å². The number of ether oxygens (including phenoxy) is 2. The van der Waals surface area contributed by atoms with E-state index in [2.05, 4.69) is 24.1 Å². The molecule has 2 atom stereocenters. The van der Waals surface area contributed by atoms with Gasteiger partial charge in [0.1, 0.15) is 0 Å². The molecule has 1 heterocycles. The van der Waals surface area contributed by atoms with Gasteiger partial charge >= 0.3 is 0 Å². The molecule has 4 nitrogen and oxygen atoms in total. The lowest BCUT2D eigenvalue weighted by Crippen LogP contribution is -2.64. The number of hydrogen-bond acceptors (Lipinski definition) is 4. The number of nitrogens with one attached hydrogen (secondary N) is 1. The number of rotatable bonds is 10. The molecule has 0 aromatic carbocycles. The van der Waals surface area contributed by atoms with Crippen LogP contribution in [0.25, 0.3) is 0 Å². The summed E-state index contributed by atoms with van der Waals surface area (Å²) >= 11 is 0. The third-order valence-corrected chi connectivity index (χ3v) is 5.15. The predicted octanol–water partition coefficient (Wildman–Crippen LogP) is 2.28. The minimum atomic E-state index is 0.372. The highest BCUT2D eigenvalue weighted by Crippen LogP contribution is 2.44. The third-order valence-electron chi connectivity index (χ3n) is 5.15. The van der Waals surface area contributed by atoms with Crippen molar-refractivity contribution in [3.8, 4) is 0 Å². The largest absolute Gasteiger partial charge is 0.382 e. The lowest BCUT2D eigenvalue weighted by Gasteiger charge is -2.49. The smallest absolute Gasteiger partial charge is 0.0700 e. The molecule has 0 radical (unpaired) electrons. The molecule has 1 saturated carbocycles. The normalized spacial score (nSPS) is 30.7. The van der Waals surface area contributed by atoms with Gasteiger partial charge in [-0.2, -0.15) is 0 Å². The van der Waals surface area contributed by atoms with Crippen LogP contribution < -0.4 is 5.32 Å². The van der Waals surface area contributed by atoms with Crippen molar-refractivity contribution in [3.05, 3.63) is 0 Å². The summed E-state index contributed by atoms with van der Waals surface area (Å²) in [6.07, 6.45) is 6.52. The minimum absolute atomic E-state index is 0.372. The maximum atomic E-state index is 5.62. The van der Waals surface area contributed by atoms with Crippen LogP contribution in [-0.2, 0) is 9.47 Å². The first-order valence-electron chi connectivity index (χ1n) is 8.75. The molecule has 21 heavy (non-hydrogen) atoms. The Kier molecular flexibility index (Phi) is 6.93. The quantitative estimate of drug-likeness (QED) is 0.627. The minimum Gasteiger partial charge on any atom is -0.382 e. The Balaban J connectivity index is 1.76. The lowest BCUT2D eigenvalue weighted by molar-refractivity contribution is 0.0183. The molecule has 1 aliphatic heterocycles. The molecular weight excluding hydrogens is 264 g/mol. The highest BCUT2D eigenvalue weighted by Gasteiger charge is 2.47. The Morgan fingerprint density at radius 3 is 2.71 bits per heavy atom. The van der Waals surface area contributed by atoms with Crippen LogP contribution in [0.2, 0.25) is 0 Å². The fourth-order valence-electron chi connectivity index (χ4n) is 3.60. The molecule has 2 rings (SSSR count). The van der Waals surface area contributed by atoms with Crippen LogP contribution >= 0.6 is 0 Å². The van der Waals surface area contributed by atoms with Crippen molar-refractivity contribution in [2.45, 2.75) is 57.5 Å². The summed E-state index contributed by atoms with van der Waals surface area (Å²) in [5.74, 6) is 0.905. The number of hydrogen-bond donors (Lipinski definition) is 1. The molecule has 0 aromatic rings. The van der Waals surface area contributed by atoms with Gasteiger partial charge in [0.05, 0.1) is 13.2 Å². The molecule has 1 saturated heterocycles. The molecule has 2 aliphatic rings. The van der Waals surface area contributed by atoms with Crippen molar-refractivity contribution in [1.82, 2.24) is 10.2 Å². The van der Waals surface area contributed by atoms with Gasteiger partial charge in [-0.3, -0.25) is 4.90 Å². The Morgan fingerprint density at radius 1 is 1.24 bits per heavy atom. The van der Waals surface area contributed by atoms with Crippen LogP contribution in [0.15, 0.2) is 0 Å². The first kappa shape index (κ1) is 17.2. The van der Waals surface area contributed by atoms with Crippen LogP contribution in [0.5, 0.6) is 0 Å². The van der Waals surface area contributed by atoms with Crippen LogP contribution in [0, 0.1) is 5.92 Å². The second-order valence-electron chi connectivity index (χ2n) is 6.90. The van der Waals surface area contributed by atoms with Gasteiger partial charge in [-0.15, -0.1) is 0 Å². The summed E-state index contributed by atoms with van der Waals surface area (Å²) < 4.78 is 10.6. The van der Waals surface area contributed by atoms with E-state index in [0.717, 1.165) is 32.1 Å². The molecule has 1 aliphatic carbocycles. The van der Waals surface area contributed by atoms with Gasteiger partial charge in [0.15, 0.2) is 0 Å². The topological polar surface area (TPSA) is 33.7 Å². The molecular formula is C17H34N2O2. The lowest BCUT2D eigenvalue weighted by atomic mass is 9.88. The summed E-state index contributed by atoms with van der Waals surface area (Å²) in [6.45, 7) is 10.6. The summed E-state index contributed by atoms with van der Waals surface area (Å²) in [4.78, 5) is 2.75. The van der Waals surface area contributed by atoms with Crippen molar-refractivity contribution in [1.29, 1.82) is 0 Å². The first-order valence-corrected chi connectivity index (χ1v) is 8.75. The Hall–Kier alpha value is -0.160. The average Bonchev–Trinajstić information content (AvgIpc) is 3.31. The maximum absolute atomic E-state index is 5.62. The second kappa shape index (κ2) is 8.47. The van der Waals surface area contributed by atoms with Crippen LogP contribution in [0.1, 0.15) is 46.0 Å². The van der Waals surface area contributed by atoms with Gasteiger partial charge in [-0.05, 0) is 38.5 Å². The van der Waals surface area contributed by atoms with Crippen molar-refractivity contribution in [2.24, 2.45) is 5.92 Å². The number of methoxy groups -OCH3 is 1. The zero-order chi connectivity index (χ0) is 15.1. The standard InChI is InChI=1S/C17H34N2O2/c1-4-6-16-13-19(9-5-10-21-12-11-20-3)17(2,14-18-16)15-7-8-15/h15-16,18H,4-14H2,1-3H3. The predicted molar refractivity (Wildman–Crippen MR) is 86.7 cm³/mol. The molecule has 1 N–H and O–H groups in total. The number of nitrogens with zero attached hydrogens (tertiary/aromatic N) is 1. The highest BCUT2D eigenvalue weighted by molar-refractivity contribution is 5.04. The van der Waals surface area contributed by atoms with E-state index >= 15 is 0 Å². The molecule has 2 unspecified atom stereocenters. The van der Waals surface area contributed by atoms with E-state index < -0.39 is 0 Å². The van der Waals surface area contributed by atoms with Gasteiger partial charge in [0.25, 0.3) is 0 Å². The summed E-state index contributed by atoms with van der Waals surface area (Å²) in [6, 6.07) is 0.677. The van der Waals surface area contributed by atoms with Gasteiger partial charge in [-0.25, -0.2) is 0 Å². The monoisotopic (exact) mass is 298 g/mol. The molecule has 2 fully saturated rings. The van der Waals surface area contributed by atoms with Crippen molar-refractivity contribution >= 4 is 0 Å². The van der Waals surface area contributed by atoms with E-state index in [1.807, 2.05) is 0 Å². The van der Waals surface area contributed by atoms with E-state index in [1.165, 1.54) is 38.8 Å². The van der Waals surface area contributed by atoms with Gasteiger partial charge in [0, 0.05) is 44.9 Å². The van der Waals surface area contributed by atoms with Crippen molar-refractivity contribution < 1.29 is 9.47 Å². The Morgan fingerprint density at radius 2 is 2.05 bits per heavy atom. The van der Waals surface area contributed by atoms with Crippen molar-refractivity contribution in [3.63, 3.8) is 0 Å². The van der Waals surface area contributed by atoms with Crippen LogP contribution in [0.4, 0.5) is 0 Å². The molecule has 0 aromatic heterocycles. The SMILES string of the molecule is CCCC1CN(CCCOCCOC)C(C)(C2CC2)CN1. The maximum Gasteiger partial charge on any atom is 0.0700 e. The van der Waals surface area contributed by atoms with E-state index in [1.54, 1.807) is 7.11 Å². The average molecular weight is 298 g/mol. The third kappa shape index (κ3) is 4.92. The van der Waals surface area contributed by atoms with E-state index in [4.69, 9.17) is 9.47 Å². The number of piperazine rings is 1. The second-order valence-corrected chi connectivity index (χ2v) is 6.90. The Bertz CT molecular complexity index is 297. The van der Waals surface area contributed by atoms with Gasteiger partial charge in [0.2, 0.25) is 0 Å². The molecule has 0 amide bonds. The van der Waals surface area contributed by atoms with Crippen LogP contribution in [0.3, 0.4) is 0 Å². The summed E-state index contributed by atoms with van der Waals surface area (Å²) in [7, 11) is 1.72. The molecule has 0 bridgehead atoms. The zero-order valence-electron chi connectivity index (χ0n) is 14.2. The first-order chi connectivity index (χ1) is 10.2. The van der Waals surface area contributed by atoms with Crippen LogP contribution in [-0.4, -0.2) is 63.0 Å². The molecule has 0 spiro atoms. The Labute approximate surface area is 130 Å². The van der Waals surface area contributed by atoms with Crippen molar-refractivity contribution in [2.75, 3.05) is 46.6 Å². The summed E-state index contributed by atoms with van der Waals surface area (Å²) in [5.41, 5.74) is 0.372. The molecule has 4 heteroatoms. The summed E-state index contributed by atoms with van der Waals surface area (Å²) in [5, 5.41) is 3.79. The highest BCUT2D eigenvalue weighted by atomic mass is 16.5. The van der Waals surface area contributed by atoms with Gasteiger partial charge < -0.3 is 14.8 Å². The van der Waals surface area contributed by atoms with E-state index in [0.29, 0.717) is 18.2 Å². The fraction of sp³-hybridized carbons (Fsp3) is 1.00.